The minimum atomic E-state index is 0.216. The van der Waals surface area contributed by atoms with Gasteiger partial charge in [0.1, 0.15) is 0 Å². The van der Waals surface area contributed by atoms with E-state index in [1.807, 2.05) is 12.3 Å². The number of benzene rings is 2. The molecule has 0 radical (unpaired) electrons. The van der Waals surface area contributed by atoms with Crippen molar-refractivity contribution in [1.29, 1.82) is 0 Å². The van der Waals surface area contributed by atoms with Crippen molar-refractivity contribution in [2.45, 2.75) is 6.04 Å². The lowest BCUT2D eigenvalue weighted by atomic mass is 9.97. The molecule has 2 heterocycles. The molecule has 0 saturated carbocycles. The molecule has 0 amide bonds. The van der Waals surface area contributed by atoms with Crippen LogP contribution in [-0.4, -0.2) is 36.1 Å². The van der Waals surface area contributed by atoms with Gasteiger partial charge in [0.15, 0.2) is 0 Å². The molecule has 1 saturated heterocycles. The van der Waals surface area contributed by atoms with Crippen molar-refractivity contribution >= 4 is 0 Å². The maximum atomic E-state index is 4.65. The van der Waals surface area contributed by atoms with Crippen molar-refractivity contribution < 1.29 is 0 Å². The summed E-state index contributed by atoms with van der Waals surface area (Å²) >= 11 is 0. The van der Waals surface area contributed by atoms with Crippen LogP contribution in [0.1, 0.15) is 17.3 Å². The van der Waals surface area contributed by atoms with E-state index < -0.39 is 0 Å². The molecule has 126 valence electrons. The first-order chi connectivity index (χ1) is 12.4. The van der Waals surface area contributed by atoms with Crippen LogP contribution in [0.5, 0.6) is 0 Å². The number of nitrogens with zero attached hydrogens (tertiary/aromatic N) is 2. The third-order valence-electron chi connectivity index (χ3n) is 4.82. The van der Waals surface area contributed by atoms with Crippen LogP contribution in [-0.2, 0) is 0 Å². The first-order valence-corrected chi connectivity index (χ1v) is 8.93. The van der Waals surface area contributed by atoms with Gasteiger partial charge in [-0.2, -0.15) is 0 Å². The maximum absolute atomic E-state index is 4.65. The highest BCUT2D eigenvalue weighted by Crippen LogP contribution is 2.29. The summed E-state index contributed by atoms with van der Waals surface area (Å²) < 4.78 is 0. The van der Waals surface area contributed by atoms with Crippen LogP contribution in [0.25, 0.3) is 11.1 Å². The van der Waals surface area contributed by atoms with Crippen LogP contribution in [0.2, 0.25) is 0 Å². The van der Waals surface area contributed by atoms with Crippen LogP contribution < -0.4 is 5.32 Å². The Morgan fingerprint density at radius 1 is 0.760 bits per heavy atom. The number of hydrogen-bond acceptors (Lipinski definition) is 3. The average Bonchev–Trinajstić information content (AvgIpc) is 2.71. The summed E-state index contributed by atoms with van der Waals surface area (Å²) in [6.07, 6.45) is 1.89. The van der Waals surface area contributed by atoms with Gasteiger partial charge in [-0.1, -0.05) is 60.7 Å². The Balaban J connectivity index is 1.67. The fourth-order valence-electron chi connectivity index (χ4n) is 3.54. The predicted octanol–water partition coefficient (Wildman–Crippen LogP) is 3.74. The Kier molecular flexibility index (Phi) is 4.86. The highest BCUT2D eigenvalue weighted by Gasteiger charge is 2.24. The fraction of sp³-hybridized carbons (Fsp3) is 0.227. The minimum Gasteiger partial charge on any atom is -0.314 e. The second-order valence-corrected chi connectivity index (χ2v) is 6.43. The van der Waals surface area contributed by atoms with Gasteiger partial charge in [-0.15, -0.1) is 0 Å². The molecular weight excluding hydrogens is 306 g/mol. The lowest BCUT2D eigenvalue weighted by Gasteiger charge is -2.35. The van der Waals surface area contributed by atoms with E-state index in [9.17, 15) is 0 Å². The van der Waals surface area contributed by atoms with Gasteiger partial charge in [0.05, 0.1) is 11.7 Å². The van der Waals surface area contributed by atoms with Crippen molar-refractivity contribution in [2.24, 2.45) is 0 Å². The number of aromatic nitrogens is 1. The van der Waals surface area contributed by atoms with Crippen LogP contribution in [0, 0.1) is 0 Å². The molecule has 1 atom stereocenters. The number of rotatable bonds is 4. The van der Waals surface area contributed by atoms with Gasteiger partial charge in [-0.05, 0) is 28.8 Å². The zero-order valence-corrected chi connectivity index (χ0v) is 14.3. The van der Waals surface area contributed by atoms with E-state index in [0.717, 1.165) is 31.9 Å². The number of piperazine rings is 1. The molecule has 0 aliphatic carbocycles. The molecule has 3 nitrogen and oxygen atoms in total. The number of hydrogen-bond donors (Lipinski definition) is 1. The zero-order chi connectivity index (χ0) is 16.9. The van der Waals surface area contributed by atoms with Gasteiger partial charge >= 0.3 is 0 Å². The van der Waals surface area contributed by atoms with Gasteiger partial charge < -0.3 is 5.32 Å². The van der Waals surface area contributed by atoms with Crippen LogP contribution in [0.3, 0.4) is 0 Å². The molecule has 1 aliphatic heterocycles. The van der Waals surface area contributed by atoms with Crippen molar-refractivity contribution in [3.63, 3.8) is 0 Å². The highest BCUT2D eigenvalue weighted by atomic mass is 15.2. The molecule has 1 unspecified atom stereocenters. The largest absolute Gasteiger partial charge is 0.314 e. The molecule has 1 N–H and O–H groups in total. The van der Waals surface area contributed by atoms with Gasteiger partial charge in [0.25, 0.3) is 0 Å². The Bertz CT molecular complexity index is 779. The van der Waals surface area contributed by atoms with E-state index >= 15 is 0 Å². The summed E-state index contributed by atoms with van der Waals surface area (Å²) in [7, 11) is 0. The quantitative estimate of drug-likeness (QED) is 0.790. The van der Waals surface area contributed by atoms with Crippen LogP contribution in [0.15, 0.2) is 79.0 Å². The third-order valence-corrected chi connectivity index (χ3v) is 4.82. The van der Waals surface area contributed by atoms with Gasteiger partial charge in [0, 0.05) is 32.4 Å². The second-order valence-electron chi connectivity index (χ2n) is 6.43. The van der Waals surface area contributed by atoms with Crippen LogP contribution in [0.4, 0.5) is 0 Å². The normalized spacial score (nSPS) is 16.5. The Labute approximate surface area is 149 Å². The molecule has 1 aliphatic rings. The summed E-state index contributed by atoms with van der Waals surface area (Å²) in [6, 6.07) is 25.9. The molecule has 2 aromatic carbocycles. The zero-order valence-electron chi connectivity index (χ0n) is 14.3. The van der Waals surface area contributed by atoms with Crippen molar-refractivity contribution in [3.8, 4) is 11.1 Å². The molecule has 3 heteroatoms. The molecule has 1 aromatic heterocycles. The first-order valence-electron chi connectivity index (χ1n) is 8.93. The van der Waals surface area contributed by atoms with E-state index in [0.29, 0.717) is 0 Å². The predicted molar refractivity (Wildman–Crippen MR) is 102 cm³/mol. The molecule has 4 rings (SSSR count). The molecule has 3 aromatic rings. The van der Waals surface area contributed by atoms with Crippen LogP contribution >= 0.6 is 0 Å². The SMILES string of the molecule is c1ccc(-c2ccc(C(c3ccccn3)N3CCNCC3)cc2)cc1. The topological polar surface area (TPSA) is 28.2 Å². The summed E-state index contributed by atoms with van der Waals surface area (Å²) in [4.78, 5) is 7.17. The first kappa shape index (κ1) is 16.0. The smallest absolute Gasteiger partial charge is 0.0777 e. The Morgan fingerprint density at radius 2 is 1.44 bits per heavy atom. The molecular formula is C22H23N3. The number of nitrogens with one attached hydrogen (secondary N) is 1. The monoisotopic (exact) mass is 329 g/mol. The summed E-state index contributed by atoms with van der Waals surface area (Å²) in [5.74, 6) is 0. The van der Waals surface area contributed by atoms with Gasteiger partial charge in [-0.25, -0.2) is 0 Å². The summed E-state index contributed by atoms with van der Waals surface area (Å²) in [6.45, 7) is 4.15. The standard InChI is InChI=1S/C22H23N3/c1-2-6-18(7-3-1)19-9-11-20(12-10-19)22(21-8-4-5-13-24-21)25-16-14-23-15-17-25/h1-13,22-23H,14-17H2. The van der Waals surface area contributed by atoms with Crippen molar-refractivity contribution in [3.05, 3.63) is 90.3 Å². The summed E-state index contributed by atoms with van der Waals surface area (Å²) in [5.41, 5.74) is 4.94. The van der Waals surface area contributed by atoms with E-state index in [1.165, 1.54) is 16.7 Å². The van der Waals surface area contributed by atoms with Gasteiger partial charge in [-0.3, -0.25) is 9.88 Å². The molecule has 1 fully saturated rings. The fourth-order valence-corrected chi connectivity index (χ4v) is 3.54. The van der Waals surface area contributed by atoms with E-state index in [4.69, 9.17) is 0 Å². The van der Waals surface area contributed by atoms with Gasteiger partial charge in [0.2, 0.25) is 0 Å². The van der Waals surface area contributed by atoms with E-state index in [-0.39, 0.29) is 6.04 Å². The maximum Gasteiger partial charge on any atom is 0.0777 e. The molecule has 25 heavy (non-hydrogen) atoms. The minimum absolute atomic E-state index is 0.216. The average molecular weight is 329 g/mol. The Morgan fingerprint density at radius 3 is 2.12 bits per heavy atom. The van der Waals surface area contributed by atoms with E-state index in [2.05, 4.69) is 81.9 Å². The second kappa shape index (κ2) is 7.60. The van der Waals surface area contributed by atoms with E-state index in [1.54, 1.807) is 0 Å². The summed E-state index contributed by atoms with van der Waals surface area (Å²) in [5, 5.41) is 3.44. The van der Waals surface area contributed by atoms with Crippen molar-refractivity contribution in [1.82, 2.24) is 15.2 Å². The third kappa shape index (κ3) is 3.63. The van der Waals surface area contributed by atoms with Crippen molar-refractivity contribution in [2.75, 3.05) is 26.2 Å². The molecule has 0 spiro atoms. The Hall–Kier alpha value is -2.49. The highest BCUT2D eigenvalue weighted by molar-refractivity contribution is 5.63. The lowest BCUT2D eigenvalue weighted by molar-refractivity contribution is 0.195. The number of pyridine rings is 1. The lowest BCUT2D eigenvalue weighted by Crippen LogP contribution is -2.45. The molecule has 0 bridgehead atoms.